The highest BCUT2D eigenvalue weighted by Crippen LogP contribution is 2.40. The molecule has 1 aromatic carbocycles. The van der Waals surface area contributed by atoms with Crippen molar-refractivity contribution in [1.82, 2.24) is 0 Å². The minimum atomic E-state index is 0.232. The van der Waals surface area contributed by atoms with Gasteiger partial charge in [-0.1, -0.05) is 30.4 Å². The van der Waals surface area contributed by atoms with Gasteiger partial charge in [0.15, 0.2) is 5.06 Å². The van der Waals surface area contributed by atoms with Crippen LogP contribution in [0.3, 0.4) is 0 Å². The fraction of sp³-hybridized carbons (Fsp3) is 0.200. The van der Waals surface area contributed by atoms with Crippen molar-refractivity contribution in [2.24, 2.45) is 0 Å². The SMILES string of the molecule is CCc1cccc2sc(O)c(N)c12. The Bertz CT molecular complexity index is 447. The van der Waals surface area contributed by atoms with Gasteiger partial charge >= 0.3 is 0 Å². The maximum absolute atomic E-state index is 9.46. The summed E-state index contributed by atoms with van der Waals surface area (Å²) in [4.78, 5) is 0. The van der Waals surface area contributed by atoms with Gasteiger partial charge < -0.3 is 10.8 Å². The summed E-state index contributed by atoms with van der Waals surface area (Å²) in [7, 11) is 0. The van der Waals surface area contributed by atoms with Gasteiger partial charge in [-0.2, -0.15) is 0 Å². The molecule has 2 nitrogen and oxygen atoms in total. The quantitative estimate of drug-likeness (QED) is 0.731. The molecular weight excluding hydrogens is 182 g/mol. The normalized spacial score (nSPS) is 10.8. The van der Waals surface area contributed by atoms with Gasteiger partial charge in [-0.05, 0) is 18.1 Å². The smallest absolute Gasteiger partial charge is 0.196 e. The van der Waals surface area contributed by atoms with Crippen molar-refractivity contribution in [3.8, 4) is 5.06 Å². The van der Waals surface area contributed by atoms with Crippen LogP contribution in [0.1, 0.15) is 12.5 Å². The Hall–Kier alpha value is -1.22. The summed E-state index contributed by atoms with van der Waals surface area (Å²) >= 11 is 1.34. The van der Waals surface area contributed by atoms with Gasteiger partial charge in [-0.15, -0.1) is 0 Å². The van der Waals surface area contributed by atoms with Crippen LogP contribution < -0.4 is 5.73 Å². The molecule has 0 saturated carbocycles. The van der Waals surface area contributed by atoms with E-state index >= 15 is 0 Å². The molecule has 0 unspecified atom stereocenters. The molecule has 0 amide bonds. The van der Waals surface area contributed by atoms with E-state index in [2.05, 4.69) is 6.92 Å². The standard InChI is InChI=1S/C10H11NOS/c1-2-6-4-3-5-7-8(6)9(11)10(12)13-7/h3-5,12H,2,11H2,1H3. The van der Waals surface area contributed by atoms with Crippen LogP contribution in [0, 0.1) is 0 Å². The van der Waals surface area contributed by atoms with Crippen LogP contribution >= 0.6 is 11.3 Å². The number of anilines is 1. The van der Waals surface area contributed by atoms with Crippen LogP contribution in [0.5, 0.6) is 5.06 Å². The molecule has 3 N–H and O–H groups in total. The second kappa shape index (κ2) is 2.92. The van der Waals surface area contributed by atoms with E-state index < -0.39 is 0 Å². The lowest BCUT2D eigenvalue weighted by atomic mass is 10.1. The Morgan fingerprint density at radius 3 is 2.92 bits per heavy atom. The van der Waals surface area contributed by atoms with Crippen LogP contribution in [-0.2, 0) is 6.42 Å². The summed E-state index contributed by atoms with van der Waals surface area (Å²) in [6.45, 7) is 2.09. The van der Waals surface area contributed by atoms with Crippen LogP contribution in [0.4, 0.5) is 5.69 Å². The first kappa shape index (κ1) is 8.38. The van der Waals surface area contributed by atoms with Crippen molar-refractivity contribution in [1.29, 1.82) is 0 Å². The summed E-state index contributed by atoms with van der Waals surface area (Å²) in [6.07, 6.45) is 0.942. The van der Waals surface area contributed by atoms with Crippen LogP contribution in [0.15, 0.2) is 18.2 Å². The third-order valence-corrected chi connectivity index (χ3v) is 3.17. The van der Waals surface area contributed by atoms with Gasteiger partial charge in [0.25, 0.3) is 0 Å². The molecule has 68 valence electrons. The van der Waals surface area contributed by atoms with Gasteiger partial charge in [-0.3, -0.25) is 0 Å². The third-order valence-electron chi connectivity index (χ3n) is 2.20. The topological polar surface area (TPSA) is 46.2 Å². The van der Waals surface area contributed by atoms with Gasteiger partial charge in [0.05, 0.1) is 5.69 Å². The minimum absolute atomic E-state index is 0.232. The van der Waals surface area contributed by atoms with E-state index in [1.165, 1.54) is 16.9 Å². The maximum Gasteiger partial charge on any atom is 0.196 e. The van der Waals surface area contributed by atoms with Crippen molar-refractivity contribution in [2.45, 2.75) is 13.3 Å². The average molecular weight is 193 g/mol. The number of thiophene rings is 1. The third kappa shape index (κ3) is 1.16. The molecule has 2 aromatic rings. The van der Waals surface area contributed by atoms with E-state index in [1.807, 2.05) is 18.2 Å². The van der Waals surface area contributed by atoms with Crippen molar-refractivity contribution >= 4 is 27.1 Å². The minimum Gasteiger partial charge on any atom is -0.498 e. The predicted octanol–water partition coefficient (Wildman–Crippen LogP) is 2.75. The van der Waals surface area contributed by atoms with Crippen molar-refractivity contribution in [3.05, 3.63) is 23.8 Å². The average Bonchev–Trinajstić information content (AvgIpc) is 2.43. The van der Waals surface area contributed by atoms with Gasteiger partial charge in [0.1, 0.15) is 0 Å². The molecule has 0 radical (unpaired) electrons. The lowest BCUT2D eigenvalue weighted by Crippen LogP contribution is -1.86. The van der Waals surface area contributed by atoms with E-state index in [0.29, 0.717) is 5.69 Å². The molecule has 1 aromatic heterocycles. The molecule has 0 aliphatic heterocycles. The van der Waals surface area contributed by atoms with E-state index in [1.54, 1.807) is 0 Å². The van der Waals surface area contributed by atoms with E-state index in [4.69, 9.17) is 5.73 Å². The molecule has 0 fully saturated rings. The number of fused-ring (bicyclic) bond motifs is 1. The lowest BCUT2D eigenvalue weighted by Gasteiger charge is -1.99. The highest BCUT2D eigenvalue weighted by Gasteiger charge is 2.10. The van der Waals surface area contributed by atoms with E-state index in [0.717, 1.165) is 16.5 Å². The zero-order chi connectivity index (χ0) is 9.42. The van der Waals surface area contributed by atoms with Crippen LogP contribution in [0.2, 0.25) is 0 Å². The summed E-state index contributed by atoms with van der Waals surface area (Å²) in [5, 5.41) is 10.7. The van der Waals surface area contributed by atoms with Crippen molar-refractivity contribution < 1.29 is 5.11 Å². The molecule has 0 aliphatic rings. The Kier molecular flexibility index (Phi) is 1.88. The molecule has 0 saturated heterocycles. The number of nitrogens with two attached hydrogens (primary N) is 1. The van der Waals surface area contributed by atoms with Crippen molar-refractivity contribution in [2.75, 3.05) is 5.73 Å². The molecule has 0 spiro atoms. The first-order valence-electron chi connectivity index (χ1n) is 4.23. The first-order chi connectivity index (χ1) is 6.24. The maximum atomic E-state index is 9.46. The Balaban J connectivity index is 2.87. The number of aromatic hydroxyl groups is 1. The highest BCUT2D eigenvalue weighted by atomic mass is 32.1. The molecule has 0 atom stereocenters. The molecule has 1 heterocycles. The predicted molar refractivity (Wildman–Crippen MR) is 57.3 cm³/mol. The van der Waals surface area contributed by atoms with Crippen molar-refractivity contribution in [3.63, 3.8) is 0 Å². The van der Waals surface area contributed by atoms with Gasteiger partial charge in [-0.25, -0.2) is 0 Å². The fourth-order valence-electron chi connectivity index (χ4n) is 1.53. The monoisotopic (exact) mass is 193 g/mol. The number of nitrogen functional groups attached to an aromatic ring is 1. The molecule has 3 heteroatoms. The largest absolute Gasteiger partial charge is 0.498 e. The number of benzene rings is 1. The summed E-state index contributed by atoms with van der Waals surface area (Å²) < 4.78 is 1.06. The fourth-order valence-corrected chi connectivity index (χ4v) is 2.44. The van der Waals surface area contributed by atoms with Gasteiger partial charge in [0.2, 0.25) is 0 Å². The van der Waals surface area contributed by atoms with Crippen LogP contribution in [-0.4, -0.2) is 5.11 Å². The highest BCUT2D eigenvalue weighted by molar-refractivity contribution is 7.21. The Morgan fingerprint density at radius 1 is 1.46 bits per heavy atom. The Labute approximate surface area is 80.6 Å². The molecular formula is C10H11NOS. The number of aryl methyl sites for hydroxylation is 1. The lowest BCUT2D eigenvalue weighted by molar-refractivity contribution is 0.493. The van der Waals surface area contributed by atoms with E-state index in [-0.39, 0.29) is 5.06 Å². The number of rotatable bonds is 1. The van der Waals surface area contributed by atoms with Crippen LogP contribution in [0.25, 0.3) is 10.1 Å². The zero-order valence-corrected chi connectivity index (χ0v) is 8.19. The molecule has 0 bridgehead atoms. The summed E-state index contributed by atoms with van der Waals surface area (Å²) in [5.41, 5.74) is 7.50. The molecule has 13 heavy (non-hydrogen) atoms. The second-order valence-electron chi connectivity index (χ2n) is 2.96. The van der Waals surface area contributed by atoms with E-state index in [9.17, 15) is 5.11 Å². The number of hydrogen-bond donors (Lipinski definition) is 2. The summed E-state index contributed by atoms with van der Waals surface area (Å²) in [6, 6.07) is 6.02. The molecule has 0 aliphatic carbocycles. The summed E-state index contributed by atoms with van der Waals surface area (Å²) in [5.74, 6) is 0. The first-order valence-corrected chi connectivity index (χ1v) is 5.04. The number of hydrogen-bond acceptors (Lipinski definition) is 3. The van der Waals surface area contributed by atoms with Gasteiger partial charge in [0, 0.05) is 10.1 Å². The molecule has 2 rings (SSSR count). The second-order valence-corrected chi connectivity index (χ2v) is 4.00. The Morgan fingerprint density at radius 2 is 2.23 bits per heavy atom. The zero-order valence-electron chi connectivity index (χ0n) is 7.37.